The molecule has 0 aliphatic heterocycles. The highest BCUT2D eigenvalue weighted by atomic mass is 31.2. The first kappa shape index (κ1) is 50.2. The molecule has 0 heterocycles. The molecule has 3 atom stereocenters. The largest absolute Gasteiger partial charge is 0.480 e. The molecule has 52 heavy (non-hydrogen) atoms. The molecule has 0 radical (unpaired) electrons. The second-order valence-corrected chi connectivity index (χ2v) is 15.6. The molecule has 0 aliphatic rings. The van der Waals surface area contributed by atoms with E-state index in [2.05, 4.69) is 30.5 Å². The van der Waals surface area contributed by atoms with Gasteiger partial charge in [0.25, 0.3) is 0 Å². The van der Waals surface area contributed by atoms with E-state index in [1.165, 1.54) is 116 Å². The average molecular weight is 762 g/mol. The number of ether oxygens (including phenoxy) is 2. The minimum atomic E-state index is -4.71. The lowest BCUT2D eigenvalue weighted by molar-refractivity contribution is -0.161. The molecule has 0 rings (SSSR count). The molecule has 4 N–H and O–H groups in total. The van der Waals surface area contributed by atoms with Crippen LogP contribution in [0.4, 0.5) is 0 Å². The summed E-state index contributed by atoms with van der Waals surface area (Å²) in [6.07, 6.45) is 34.2. The van der Waals surface area contributed by atoms with E-state index in [9.17, 15) is 23.8 Å². The summed E-state index contributed by atoms with van der Waals surface area (Å²) in [5.74, 6) is -2.37. The lowest BCUT2D eigenvalue weighted by atomic mass is 10.1. The minimum absolute atomic E-state index is 0.163. The zero-order chi connectivity index (χ0) is 38.5. The van der Waals surface area contributed by atoms with E-state index >= 15 is 0 Å². The second-order valence-electron chi connectivity index (χ2n) is 14.1. The predicted molar refractivity (Wildman–Crippen MR) is 208 cm³/mol. The second kappa shape index (κ2) is 36.2. The first-order chi connectivity index (χ1) is 25.1. The summed E-state index contributed by atoms with van der Waals surface area (Å²) in [5.41, 5.74) is 5.32. The molecule has 12 heteroatoms. The van der Waals surface area contributed by atoms with Gasteiger partial charge in [0.2, 0.25) is 0 Å². The molecule has 0 aromatic rings. The van der Waals surface area contributed by atoms with Crippen LogP contribution in [-0.4, -0.2) is 59.9 Å². The van der Waals surface area contributed by atoms with Gasteiger partial charge in [-0.3, -0.25) is 23.4 Å². The first-order valence-corrected chi connectivity index (χ1v) is 22.2. The van der Waals surface area contributed by atoms with E-state index in [1.807, 2.05) is 0 Å². The van der Waals surface area contributed by atoms with Crippen LogP contribution < -0.4 is 5.73 Å². The smallest absolute Gasteiger partial charge is 0.472 e. The van der Waals surface area contributed by atoms with Crippen LogP contribution in [0.3, 0.4) is 0 Å². The third-order valence-corrected chi connectivity index (χ3v) is 9.96. The van der Waals surface area contributed by atoms with E-state index in [4.69, 9.17) is 24.8 Å². The zero-order valence-electron chi connectivity index (χ0n) is 32.9. The molecule has 0 bridgehead atoms. The fraction of sp³-hybridized carbons (Fsp3) is 0.875. The van der Waals surface area contributed by atoms with Crippen LogP contribution in [-0.2, 0) is 37.5 Å². The molecule has 0 aliphatic carbocycles. The molecular formula is C40H76NO10P. The summed E-state index contributed by atoms with van der Waals surface area (Å²) < 4.78 is 32.6. The lowest BCUT2D eigenvalue weighted by Crippen LogP contribution is -2.34. The Hall–Kier alpha value is -1.78. The summed E-state index contributed by atoms with van der Waals surface area (Å²) in [5, 5.41) is 8.87. The van der Waals surface area contributed by atoms with E-state index in [0.29, 0.717) is 12.8 Å². The third-order valence-electron chi connectivity index (χ3n) is 9.01. The summed E-state index contributed by atoms with van der Waals surface area (Å²) in [4.78, 5) is 45.8. The molecule has 0 aromatic heterocycles. The van der Waals surface area contributed by atoms with Crippen molar-refractivity contribution in [2.75, 3.05) is 19.8 Å². The number of carboxylic acids is 1. The quantitative estimate of drug-likeness (QED) is 0.0235. The van der Waals surface area contributed by atoms with Gasteiger partial charge in [-0.05, 0) is 38.5 Å². The van der Waals surface area contributed by atoms with Gasteiger partial charge in [0.1, 0.15) is 12.6 Å². The van der Waals surface area contributed by atoms with E-state index in [-0.39, 0.29) is 19.4 Å². The number of carboxylic acid groups (broad SMARTS) is 1. The fourth-order valence-corrected chi connectivity index (χ4v) is 6.48. The highest BCUT2D eigenvalue weighted by molar-refractivity contribution is 7.47. The Morgan fingerprint density at radius 1 is 0.577 bits per heavy atom. The van der Waals surface area contributed by atoms with Crippen molar-refractivity contribution < 1.29 is 47.5 Å². The van der Waals surface area contributed by atoms with Gasteiger partial charge in [-0.15, -0.1) is 0 Å². The number of allylic oxidation sites excluding steroid dienone is 2. The Morgan fingerprint density at radius 3 is 1.42 bits per heavy atom. The minimum Gasteiger partial charge on any atom is -0.480 e. The van der Waals surface area contributed by atoms with Crippen LogP contribution in [0.25, 0.3) is 0 Å². The monoisotopic (exact) mass is 762 g/mol. The maximum atomic E-state index is 12.6. The predicted octanol–water partition coefficient (Wildman–Crippen LogP) is 10.5. The van der Waals surface area contributed by atoms with Gasteiger partial charge in [0.05, 0.1) is 13.2 Å². The van der Waals surface area contributed by atoms with Crippen LogP contribution >= 0.6 is 7.82 Å². The van der Waals surface area contributed by atoms with Crippen molar-refractivity contribution in [2.24, 2.45) is 5.73 Å². The van der Waals surface area contributed by atoms with Crippen molar-refractivity contribution in [2.45, 2.75) is 206 Å². The number of unbranched alkanes of at least 4 members (excludes halogenated alkanes) is 23. The molecule has 1 unspecified atom stereocenters. The van der Waals surface area contributed by atoms with Gasteiger partial charge >= 0.3 is 25.7 Å². The Morgan fingerprint density at radius 2 is 0.962 bits per heavy atom. The number of hydrogen-bond acceptors (Lipinski definition) is 9. The number of esters is 2. The topological polar surface area (TPSA) is 172 Å². The van der Waals surface area contributed by atoms with Gasteiger partial charge in [0, 0.05) is 12.8 Å². The number of nitrogens with two attached hydrogens (primary N) is 1. The molecule has 0 spiro atoms. The molecule has 0 saturated heterocycles. The Labute approximate surface area is 316 Å². The molecule has 306 valence electrons. The molecule has 0 fully saturated rings. The highest BCUT2D eigenvalue weighted by Crippen LogP contribution is 2.43. The summed E-state index contributed by atoms with van der Waals surface area (Å²) in [6, 6.07) is -1.52. The van der Waals surface area contributed by atoms with Crippen LogP contribution in [0, 0.1) is 0 Å². The fourth-order valence-electron chi connectivity index (χ4n) is 5.71. The zero-order valence-corrected chi connectivity index (χ0v) is 33.8. The average Bonchev–Trinajstić information content (AvgIpc) is 3.12. The molecule has 0 saturated carbocycles. The number of hydrogen-bond donors (Lipinski definition) is 3. The first-order valence-electron chi connectivity index (χ1n) is 20.7. The number of rotatable bonds is 39. The van der Waals surface area contributed by atoms with Crippen molar-refractivity contribution in [3.05, 3.63) is 12.2 Å². The summed E-state index contributed by atoms with van der Waals surface area (Å²) in [7, 11) is -4.71. The number of phosphoric ester groups is 1. The number of aliphatic carboxylic acids is 1. The van der Waals surface area contributed by atoms with E-state index in [0.717, 1.165) is 38.5 Å². The lowest BCUT2D eigenvalue weighted by Gasteiger charge is -2.20. The molecule has 0 amide bonds. The number of phosphoric acid groups is 1. The van der Waals surface area contributed by atoms with Gasteiger partial charge in [-0.2, -0.15) is 0 Å². The van der Waals surface area contributed by atoms with Gasteiger partial charge in [-0.25, -0.2) is 4.57 Å². The van der Waals surface area contributed by atoms with E-state index < -0.39 is 51.1 Å². The summed E-state index contributed by atoms with van der Waals surface area (Å²) in [6.45, 7) is 2.78. The van der Waals surface area contributed by atoms with Crippen molar-refractivity contribution in [3.63, 3.8) is 0 Å². The number of carbonyl (C=O) groups is 3. The molecule has 11 nitrogen and oxygen atoms in total. The van der Waals surface area contributed by atoms with Gasteiger partial charge in [0.15, 0.2) is 6.10 Å². The molecular weight excluding hydrogens is 685 g/mol. The Kier molecular flexibility index (Phi) is 35.0. The van der Waals surface area contributed by atoms with Crippen LogP contribution in [0.2, 0.25) is 0 Å². The SMILES string of the molecule is CCCCCC/C=C/CCCCCCCCCCCC(=O)O[C@@H](COC(=O)CCCCCCCCCCCCC)COP(=O)(O)OC[C@H](N)C(=O)O. The standard InChI is InChI=1S/C40H76NO10P/c1-3-5-7-9-11-13-15-16-17-18-19-20-22-24-26-28-30-32-39(43)51-36(34-49-52(46,47)50-35-37(41)40(44)45)33-48-38(42)31-29-27-25-23-21-14-12-10-8-6-4-2/h13,15,36-37H,3-12,14,16-35,41H2,1-2H3,(H,44,45)(H,46,47)/b15-13+/t36-,37-/m0/s1. The summed E-state index contributed by atoms with van der Waals surface area (Å²) >= 11 is 0. The normalized spacial score (nSPS) is 13.9. The van der Waals surface area contributed by atoms with Crippen LogP contribution in [0.1, 0.15) is 194 Å². The van der Waals surface area contributed by atoms with Gasteiger partial charge < -0.3 is 25.2 Å². The maximum Gasteiger partial charge on any atom is 0.472 e. The van der Waals surface area contributed by atoms with Gasteiger partial charge in [-0.1, -0.05) is 154 Å². The van der Waals surface area contributed by atoms with Crippen molar-refractivity contribution in [3.8, 4) is 0 Å². The van der Waals surface area contributed by atoms with Crippen molar-refractivity contribution in [1.29, 1.82) is 0 Å². The molecule has 0 aromatic carbocycles. The maximum absolute atomic E-state index is 12.6. The Bertz CT molecular complexity index is 947. The van der Waals surface area contributed by atoms with Crippen molar-refractivity contribution in [1.82, 2.24) is 0 Å². The number of carbonyl (C=O) groups excluding carboxylic acids is 2. The van der Waals surface area contributed by atoms with E-state index in [1.54, 1.807) is 0 Å². The van der Waals surface area contributed by atoms with Crippen molar-refractivity contribution >= 4 is 25.7 Å². The third kappa shape index (κ3) is 35.3. The Balaban J connectivity index is 4.35. The highest BCUT2D eigenvalue weighted by Gasteiger charge is 2.28. The van der Waals surface area contributed by atoms with Crippen LogP contribution in [0.15, 0.2) is 12.2 Å². The van der Waals surface area contributed by atoms with Crippen LogP contribution in [0.5, 0.6) is 0 Å².